The third-order valence-electron chi connectivity index (χ3n) is 1.61. The van der Waals surface area contributed by atoms with Gasteiger partial charge in [-0.2, -0.15) is 10.4 Å². The van der Waals surface area contributed by atoms with Crippen LogP contribution in [-0.2, 0) is 0 Å². The molecule has 0 spiro atoms. The molecule has 0 aliphatic heterocycles. The van der Waals surface area contributed by atoms with Crippen molar-refractivity contribution >= 4 is 11.0 Å². The third kappa shape index (κ3) is 0.805. The summed E-state index contributed by atoms with van der Waals surface area (Å²) in [4.78, 5) is 11.0. The van der Waals surface area contributed by atoms with Crippen LogP contribution in [0.5, 0.6) is 0 Å². The molecule has 0 radical (unpaired) electrons. The lowest BCUT2D eigenvalue weighted by atomic mass is 10.2. The van der Waals surface area contributed by atoms with E-state index in [1.54, 1.807) is 12.1 Å². The van der Waals surface area contributed by atoms with Crippen LogP contribution in [0.2, 0.25) is 0 Å². The Morgan fingerprint density at radius 2 is 2.33 bits per heavy atom. The van der Waals surface area contributed by atoms with E-state index in [1.807, 2.05) is 6.07 Å². The van der Waals surface area contributed by atoms with Gasteiger partial charge in [0.2, 0.25) is 0 Å². The number of benzene rings is 1. The highest BCUT2D eigenvalue weighted by atomic mass is 16.5. The van der Waals surface area contributed by atoms with Crippen molar-refractivity contribution in [2.75, 3.05) is 0 Å². The minimum Gasteiger partial charge on any atom is -0.378 e. The van der Waals surface area contributed by atoms with Gasteiger partial charge in [0.15, 0.2) is 5.58 Å². The Labute approximate surface area is 67.0 Å². The second kappa shape index (κ2) is 2.24. The Hall–Kier alpha value is -2.02. The summed E-state index contributed by atoms with van der Waals surface area (Å²) in [6.45, 7) is 0. The van der Waals surface area contributed by atoms with Crippen LogP contribution in [0.1, 0.15) is 5.56 Å². The van der Waals surface area contributed by atoms with E-state index in [9.17, 15) is 4.79 Å². The van der Waals surface area contributed by atoms with Crippen molar-refractivity contribution < 1.29 is 4.52 Å². The molecule has 0 aliphatic carbocycles. The lowest BCUT2D eigenvalue weighted by Gasteiger charge is -1.84. The summed E-state index contributed by atoms with van der Waals surface area (Å²) in [5.74, 6) is 0. The Morgan fingerprint density at radius 1 is 1.50 bits per heavy atom. The first-order chi connectivity index (χ1) is 5.81. The summed E-state index contributed by atoms with van der Waals surface area (Å²) >= 11 is 0. The summed E-state index contributed by atoms with van der Waals surface area (Å²) in [7, 11) is 0. The summed E-state index contributed by atoms with van der Waals surface area (Å²) in [5, 5.41) is 11.1. The smallest absolute Gasteiger partial charge is 0.287 e. The fourth-order valence-electron chi connectivity index (χ4n) is 1.02. The third-order valence-corrected chi connectivity index (χ3v) is 1.61. The highest BCUT2D eigenvalue weighted by Crippen LogP contribution is 2.10. The van der Waals surface area contributed by atoms with Gasteiger partial charge >= 0.3 is 0 Å². The van der Waals surface area contributed by atoms with E-state index < -0.39 is 0 Å². The molecule has 0 bridgehead atoms. The number of nitriles is 1. The maximum Gasteiger partial charge on any atom is 0.287 e. The monoisotopic (exact) mass is 160 g/mol. The number of hydrogen-bond donors (Lipinski definition) is 1. The molecule has 0 saturated heterocycles. The minimum atomic E-state index is -0.304. The highest BCUT2D eigenvalue weighted by molar-refractivity contribution is 5.77. The number of aromatic nitrogens is 1. The molecule has 1 aromatic carbocycles. The van der Waals surface area contributed by atoms with Crippen LogP contribution in [0.15, 0.2) is 27.5 Å². The lowest BCUT2D eigenvalue weighted by molar-refractivity contribution is 0.449. The molecule has 58 valence electrons. The predicted molar refractivity (Wildman–Crippen MR) is 41.5 cm³/mol. The number of aromatic amines is 1. The summed E-state index contributed by atoms with van der Waals surface area (Å²) < 4.78 is 4.80. The predicted octanol–water partition coefficient (Wildman–Crippen LogP) is 0.993. The standard InChI is InChI=1S/C8H4N2O2/c9-4-5-1-2-7-6(3-5)8(11)10-12-7/h1-3H,(H,10,11). The maximum atomic E-state index is 11.0. The largest absolute Gasteiger partial charge is 0.378 e. The highest BCUT2D eigenvalue weighted by Gasteiger charge is 2.02. The Balaban J connectivity index is 2.91. The number of rotatable bonds is 0. The molecule has 2 rings (SSSR count). The number of fused-ring (bicyclic) bond motifs is 1. The normalized spacial score (nSPS) is 9.92. The fraction of sp³-hybridized carbons (Fsp3) is 0. The van der Waals surface area contributed by atoms with Gasteiger partial charge in [0, 0.05) is 0 Å². The van der Waals surface area contributed by atoms with Crippen LogP contribution in [0.4, 0.5) is 0 Å². The van der Waals surface area contributed by atoms with Crippen LogP contribution in [-0.4, -0.2) is 5.16 Å². The SMILES string of the molecule is N#Cc1ccc2o[nH]c(=O)c2c1. The first kappa shape index (κ1) is 6.68. The van der Waals surface area contributed by atoms with Gasteiger partial charge in [0.25, 0.3) is 5.56 Å². The summed E-state index contributed by atoms with van der Waals surface area (Å²) in [6.07, 6.45) is 0. The van der Waals surface area contributed by atoms with E-state index in [2.05, 4.69) is 5.16 Å². The second-order valence-electron chi connectivity index (χ2n) is 2.36. The van der Waals surface area contributed by atoms with E-state index in [-0.39, 0.29) is 5.56 Å². The van der Waals surface area contributed by atoms with Crippen LogP contribution >= 0.6 is 0 Å². The molecule has 0 fully saturated rings. The van der Waals surface area contributed by atoms with Gasteiger partial charge in [-0.1, -0.05) is 0 Å². The van der Waals surface area contributed by atoms with E-state index >= 15 is 0 Å². The van der Waals surface area contributed by atoms with Gasteiger partial charge in [-0.05, 0) is 18.2 Å². The molecule has 2 aromatic rings. The summed E-state index contributed by atoms with van der Waals surface area (Å²) in [6, 6.07) is 6.62. The first-order valence-electron chi connectivity index (χ1n) is 3.32. The second-order valence-corrected chi connectivity index (χ2v) is 2.36. The molecule has 1 heterocycles. The van der Waals surface area contributed by atoms with Gasteiger partial charge in [-0.15, -0.1) is 0 Å². The van der Waals surface area contributed by atoms with Crippen molar-refractivity contribution in [2.45, 2.75) is 0 Å². The number of nitrogens with zero attached hydrogens (tertiary/aromatic N) is 1. The van der Waals surface area contributed by atoms with Crippen molar-refractivity contribution in [3.63, 3.8) is 0 Å². The van der Waals surface area contributed by atoms with Crippen molar-refractivity contribution in [2.24, 2.45) is 0 Å². The van der Waals surface area contributed by atoms with Crippen LogP contribution in [0.3, 0.4) is 0 Å². The van der Waals surface area contributed by atoms with Gasteiger partial charge in [0.1, 0.15) is 0 Å². The van der Waals surface area contributed by atoms with Crippen molar-refractivity contribution in [3.8, 4) is 6.07 Å². The molecule has 1 aromatic heterocycles. The number of H-pyrrole nitrogens is 1. The average Bonchev–Trinajstić information content (AvgIpc) is 2.47. The molecule has 1 N–H and O–H groups in total. The minimum absolute atomic E-state index is 0.304. The zero-order valence-electron chi connectivity index (χ0n) is 6.00. The Kier molecular flexibility index (Phi) is 1.25. The zero-order valence-corrected chi connectivity index (χ0v) is 6.00. The molecule has 0 aliphatic rings. The molecule has 0 amide bonds. The van der Waals surface area contributed by atoms with Gasteiger partial charge < -0.3 is 4.52 Å². The zero-order chi connectivity index (χ0) is 8.55. The van der Waals surface area contributed by atoms with E-state index in [0.717, 1.165) is 0 Å². The molecule has 0 saturated carbocycles. The quantitative estimate of drug-likeness (QED) is 0.624. The molecular weight excluding hydrogens is 156 g/mol. The molecule has 4 heteroatoms. The van der Waals surface area contributed by atoms with E-state index in [1.165, 1.54) is 6.07 Å². The number of nitrogens with one attached hydrogen (secondary N) is 1. The lowest BCUT2D eigenvalue weighted by Crippen LogP contribution is -1.96. The van der Waals surface area contributed by atoms with Crippen LogP contribution < -0.4 is 5.56 Å². The Bertz CT molecular complexity index is 516. The molecule has 12 heavy (non-hydrogen) atoms. The topological polar surface area (TPSA) is 69.8 Å². The Morgan fingerprint density at radius 3 is 3.08 bits per heavy atom. The summed E-state index contributed by atoms with van der Waals surface area (Å²) in [5.41, 5.74) is 0.621. The fourth-order valence-corrected chi connectivity index (χ4v) is 1.02. The van der Waals surface area contributed by atoms with Gasteiger partial charge in [-0.25, -0.2) is 0 Å². The van der Waals surface area contributed by atoms with Gasteiger partial charge in [-0.3, -0.25) is 4.79 Å². The van der Waals surface area contributed by atoms with Crippen LogP contribution in [0.25, 0.3) is 11.0 Å². The van der Waals surface area contributed by atoms with Crippen molar-refractivity contribution in [3.05, 3.63) is 34.1 Å². The van der Waals surface area contributed by atoms with Crippen LogP contribution in [0, 0.1) is 11.3 Å². The average molecular weight is 160 g/mol. The molecular formula is C8H4N2O2. The maximum absolute atomic E-state index is 11.0. The van der Waals surface area contributed by atoms with E-state index in [0.29, 0.717) is 16.5 Å². The van der Waals surface area contributed by atoms with Crippen molar-refractivity contribution in [1.29, 1.82) is 5.26 Å². The molecule has 0 unspecified atom stereocenters. The molecule has 4 nitrogen and oxygen atoms in total. The van der Waals surface area contributed by atoms with E-state index in [4.69, 9.17) is 9.78 Å². The van der Waals surface area contributed by atoms with Crippen molar-refractivity contribution in [1.82, 2.24) is 5.16 Å². The molecule has 0 atom stereocenters. The first-order valence-corrected chi connectivity index (χ1v) is 3.32. The van der Waals surface area contributed by atoms with Gasteiger partial charge in [0.05, 0.1) is 17.0 Å². The number of hydrogen-bond acceptors (Lipinski definition) is 3.